The number of aromatic nitrogens is 3. The van der Waals surface area contributed by atoms with Crippen LogP contribution in [0.2, 0.25) is 0 Å². The van der Waals surface area contributed by atoms with Gasteiger partial charge in [-0.1, -0.05) is 18.2 Å². The van der Waals surface area contributed by atoms with Crippen molar-refractivity contribution in [3.05, 3.63) is 67.0 Å². The predicted octanol–water partition coefficient (Wildman–Crippen LogP) is 5.06. The first kappa shape index (κ1) is 24.1. The van der Waals surface area contributed by atoms with Crippen LogP contribution in [0.4, 0.5) is 22.0 Å². The van der Waals surface area contributed by atoms with Crippen LogP contribution in [0.15, 0.2) is 71.9 Å². The van der Waals surface area contributed by atoms with E-state index < -0.39 is 51.8 Å². The third-order valence-corrected chi connectivity index (χ3v) is 7.39. The third kappa shape index (κ3) is 4.07. The normalized spacial score (nSPS) is 15.4. The smallest absolute Gasteiger partial charge is 0.407 e. The van der Waals surface area contributed by atoms with E-state index in [9.17, 15) is 30.4 Å². The second-order valence-corrected chi connectivity index (χ2v) is 9.78. The van der Waals surface area contributed by atoms with E-state index in [1.165, 1.54) is 29.1 Å². The first-order valence-electron chi connectivity index (χ1n) is 10.6. The molecule has 0 radical (unpaired) electrons. The molecule has 0 amide bonds. The van der Waals surface area contributed by atoms with E-state index in [0.29, 0.717) is 5.52 Å². The van der Waals surface area contributed by atoms with Crippen LogP contribution in [0, 0.1) is 0 Å². The van der Waals surface area contributed by atoms with E-state index in [-0.39, 0.29) is 22.6 Å². The molecular formula is C23H17F5N4O3S. The molecule has 3 heterocycles. The molecule has 1 N–H and O–H groups in total. The van der Waals surface area contributed by atoms with E-state index in [2.05, 4.69) is 9.97 Å². The summed E-state index contributed by atoms with van der Waals surface area (Å²) in [5.41, 5.74) is -2.82. The summed E-state index contributed by atoms with van der Waals surface area (Å²) in [6.07, 6.45) is -3.00. The molecule has 0 bridgehead atoms. The Morgan fingerprint density at radius 1 is 0.972 bits per heavy atom. The topological polar surface area (TPSA) is 86.1 Å². The fourth-order valence-electron chi connectivity index (χ4n) is 4.02. The largest absolute Gasteiger partial charge is 0.432 e. The summed E-state index contributed by atoms with van der Waals surface area (Å²) in [7, 11) is -4.81. The Kier molecular flexibility index (Phi) is 5.71. The lowest BCUT2D eigenvalue weighted by atomic mass is 10.2. The maximum absolute atomic E-state index is 13.5. The second-order valence-electron chi connectivity index (χ2n) is 8.13. The highest BCUT2D eigenvalue weighted by Gasteiger charge is 2.65. The Labute approximate surface area is 201 Å². The lowest BCUT2D eigenvalue weighted by molar-refractivity contribution is -0.160. The Hall–Kier alpha value is -3.58. The van der Waals surface area contributed by atoms with Gasteiger partial charge in [-0.25, -0.2) is 13.4 Å². The van der Waals surface area contributed by atoms with Crippen molar-refractivity contribution in [2.45, 2.75) is 36.1 Å². The minimum Gasteiger partial charge on any atom is -0.432 e. The lowest BCUT2D eigenvalue weighted by Gasteiger charge is -2.21. The number of ether oxygens (including phenoxy) is 1. The molecule has 1 saturated carbocycles. The van der Waals surface area contributed by atoms with Gasteiger partial charge < -0.3 is 4.74 Å². The summed E-state index contributed by atoms with van der Waals surface area (Å²) in [6, 6.07) is 13.4. The molecule has 1 aromatic carbocycles. The molecule has 188 valence electrons. The molecule has 0 unspecified atom stereocenters. The van der Waals surface area contributed by atoms with Crippen molar-refractivity contribution >= 4 is 20.9 Å². The summed E-state index contributed by atoms with van der Waals surface area (Å²) in [4.78, 5) is 7.73. The van der Waals surface area contributed by atoms with Crippen molar-refractivity contribution in [1.29, 1.82) is 0 Å². The monoisotopic (exact) mass is 524 g/mol. The number of hydrogen-bond donors (Lipinski definition) is 1. The molecule has 4 aromatic rings. The number of alkyl halides is 5. The van der Waals surface area contributed by atoms with Gasteiger partial charge in [0, 0.05) is 17.8 Å². The van der Waals surface area contributed by atoms with Crippen molar-refractivity contribution in [2.75, 3.05) is 0 Å². The van der Waals surface area contributed by atoms with E-state index >= 15 is 0 Å². The predicted molar refractivity (Wildman–Crippen MR) is 119 cm³/mol. The van der Waals surface area contributed by atoms with Crippen molar-refractivity contribution in [3.63, 3.8) is 0 Å². The highest BCUT2D eigenvalue weighted by Crippen LogP contribution is 2.50. The van der Waals surface area contributed by atoms with Crippen LogP contribution in [-0.4, -0.2) is 41.3 Å². The Bertz CT molecular complexity index is 1530. The second kappa shape index (κ2) is 8.52. The van der Waals surface area contributed by atoms with Gasteiger partial charge in [0.25, 0.3) is 0 Å². The zero-order valence-corrected chi connectivity index (χ0v) is 19.0. The molecule has 1 fully saturated rings. The Balaban J connectivity index is 1.79. The molecule has 0 atom stereocenters. The van der Waals surface area contributed by atoms with Crippen molar-refractivity contribution in [2.24, 2.45) is 0 Å². The summed E-state index contributed by atoms with van der Waals surface area (Å²) < 4.78 is 102. The number of nitrogens with zero attached hydrogens (tertiary/aromatic N) is 3. The van der Waals surface area contributed by atoms with E-state index in [1.54, 1.807) is 41.1 Å². The molecular weight excluding hydrogens is 507 g/mol. The van der Waals surface area contributed by atoms with Gasteiger partial charge in [-0.2, -0.15) is 26.7 Å². The van der Waals surface area contributed by atoms with Gasteiger partial charge in [0.05, 0.1) is 5.52 Å². The summed E-state index contributed by atoms with van der Waals surface area (Å²) in [6.45, 7) is -3.28. The molecule has 0 spiro atoms. The number of fused-ring (bicyclic) bond motifs is 1. The van der Waals surface area contributed by atoms with Crippen LogP contribution < -0.4 is 9.46 Å². The van der Waals surface area contributed by atoms with Gasteiger partial charge >= 0.3 is 12.8 Å². The Morgan fingerprint density at radius 3 is 2.31 bits per heavy atom. The average Bonchev–Trinajstić information content (AvgIpc) is 3.55. The highest BCUT2D eigenvalue weighted by atomic mass is 32.2. The molecule has 0 saturated heterocycles. The minimum atomic E-state index is -4.81. The first-order valence-corrected chi connectivity index (χ1v) is 12.1. The zero-order chi connectivity index (χ0) is 25.7. The Morgan fingerprint density at radius 2 is 1.67 bits per heavy atom. The number of nitrogens with one attached hydrogen (secondary N) is 1. The number of rotatable bonds is 7. The molecule has 7 nitrogen and oxygen atoms in total. The van der Waals surface area contributed by atoms with Crippen molar-refractivity contribution < 1.29 is 35.1 Å². The number of hydrogen-bond acceptors (Lipinski definition) is 5. The van der Waals surface area contributed by atoms with Crippen LogP contribution >= 0.6 is 0 Å². The summed E-state index contributed by atoms with van der Waals surface area (Å²) in [5.74, 6) is -0.165. The maximum Gasteiger partial charge on any atom is 0.407 e. The van der Waals surface area contributed by atoms with E-state index in [4.69, 9.17) is 4.74 Å². The van der Waals surface area contributed by atoms with E-state index in [1.807, 2.05) is 0 Å². The lowest BCUT2D eigenvalue weighted by Crippen LogP contribution is -2.47. The third-order valence-electron chi connectivity index (χ3n) is 5.82. The quantitative estimate of drug-likeness (QED) is 0.342. The molecule has 1 aliphatic carbocycles. The van der Waals surface area contributed by atoms with Crippen LogP contribution in [0.3, 0.4) is 0 Å². The standard InChI is InChI=1S/C23H17F5N4O3S/c24-21(25)35-20-14-6-1-2-7-15(14)32(17-9-3-4-12-29-17)19(20)18-16(8-5-13-30-18)36(33,34)31-22(10-11-22)23(26,27)28/h1-9,12-13,21,31H,10-11H2. The van der Waals surface area contributed by atoms with Crippen LogP contribution in [0.5, 0.6) is 5.75 Å². The number of pyridine rings is 2. The van der Waals surface area contributed by atoms with Gasteiger partial charge in [0.2, 0.25) is 10.0 Å². The number of benzene rings is 1. The number of halogens is 5. The number of para-hydroxylation sites is 1. The van der Waals surface area contributed by atoms with Gasteiger partial charge in [-0.05, 0) is 49.2 Å². The van der Waals surface area contributed by atoms with Gasteiger partial charge in [0.1, 0.15) is 27.6 Å². The van der Waals surface area contributed by atoms with Crippen LogP contribution in [-0.2, 0) is 10.0 Å². The van der Waals surface area contributed by atoms with Gasteiger partial charge in [-0.3, -0.25) is 9.55 Å². The SMILES string of the molecule is O=S(=O)(NC1(C(F)(F)F)CC1)c1cccnc1-c1c(OC(F)F)c2ccccc2n1-c1ccccn1. The molecule has 1 aliphatic rings. The molecule has 13 heteroatoms. The van der Waals surface area contributed by atoms with Crippen LogP contribution in [0.25, 0.3) is 28.1 Å². The van der Waals surface area contributed by atoms with Gasteiger partial charge in [0.15, 0.2) is 5.75 Å². The van der Waals surface area contributed by atoms with Crippen molar-refractivity contribution in [1.82, 2.24) is 19.3 Å². The highest BCUT2D eigenvalue weighted by molar-refractivity contribution is 7.89. The molecule has 0 aliphatic heterocycles. The fraction of sp³-hybridized carbons (Fsp3) is 0.217. The zero-order valence-electron chi connectivity index (χ0n) is 18.2. The fourth-order valence-corrected chi connectivity index (χ4v) is 5.63. The maximum atomic E-state index is 13.5. The average molecular weight is 524 g/mol. The molecule has 5 rings (SSSR count). The molecule has 3 aromatic heterocycles. The van der Waals surface area contributed by atoms with E-state index in [0.717, 1.165) is 6.07 Å². The van der Waals surface area contributed by atoms with Crippen molar-refractivity contribution in [3.8, 4) is 23.0 Å². The first-order chi connectivity index (χ1) is 17.0. The summed E-state index contributed by atoms with van der Waals surface area (Å²) in [5, 5.41) is 0.203. The van der Waals surface area contributed by atoms with Gasteiger partial charge in [-0.15, -0.1) is 0 Å². The number of sulfonamides is 1. The van der Waals surface area contributed by atoms with Crippen LogP contribution in [0.1, 0.15) is 12.8 Å². The molecule has 36 heavy (non-hydrogen) atoms. The minimum absolute atomic E-state index is 0.201. The summed E-state index contributed by atoms with van der Waals surface area (Å²) >= 11 is 0.